The van der Waals surface area contributed by atoms with E-state index in [4.69, 9.17) is 18.9 Å². The van der Waals surface area contributed by atoms with Crippen LogP contribution in [0, 0.1) is 0 Å². The van der Waals surface area contributed by atoms with Gasteiger partial charge in [-0.3, -0.25) is 4.79 Å². The number of nitrogens with zero attached hydrogens (tertiary/aromatic N) is 1. The van der Waals surface area contributed by atoms with Crippen molar-refractivity contribution in [1.82, 2.24) is 4.90 Å². The minimum absolute atomic E-state index is 0.128. The van der Waals surface area contributed by atoms with Crippen LogP contribution in [0.2, 0.25) is 0 Å². The summed E-state index contributed by atoms with van der Waals surface area (Å²) in [7, 11) is 0. The summed E-state index contributed by atoms with van der Waals surface area (Å²) in [6.45, 7) is 8.64. The van der Waals surface area contributed by atoms with E-state index in [9.17, 15) is 25.2 Å². The molecule has 1 amide bonds. The average Bonchev–Trinajstić information content (AvgIpc) is 2.69. The predicted molar refractivity (Wildman–Crippen MR) is 110 cm³/mol. The van der Waals surface area contributed by atoms with E-state index in [2.05, 4.69) is 0 Å². The number of aliphatic hydroxyl groups is 4. The number of hydrogen-bond acceptors (Lipinski definition) is 9. The van der Waals surface area contributed by atoms with Crippen LogP contribution in [0.4, 0.5) is 0 Å². The summed E-state index contributed by atoms with van der Waals surface area (Å²) in [6.07, 6.45) is -2.97. The van der Waals surface area contributed by atoms with E-state index < -0.39 is 24.4 Å². The monoisotopic (exact) mass is 439 g/mol. The minimum Gasteiger partial charge on any atom is -0.394 e. The fourth-order valence-corrected chi connectivity index (χ4v) is 2.40. The average molecular weight is 440 g/mol. The number of carbonyl (C=O) groups is 1. The lowest BCUT2D eigenvalue weighted by atomic mass is 10.2. The fourth-order valence-electron chi connectivity index (χ4n) is 2.40. The minimum atomic E-state index is -0.626. The Hall–Kier alpha value is -0.850. The number of aliphatic hydroxyl groups excluding tert-OH is 4. The summed E-state index contributed by atoms with van der Waals surface area (Å²) in [4.78, 5) is 13.5. The van der Waals surface area contributed by atoms with Crippen molar-refractivity contribution in [3.05, 3.63) is 0 Å². The van der Waals surface area contributed by atoms with E-state index in [0.29, 0.717) is 0 Å². The zero-order chi connectivity index (χ0) is 23.1. The van der Waals surface area contributed by atoms with Crippen molar-refractivity contribution in [1.29, 1.82) is 0 Å². The first-order chi connectivity index (χ1) is 14.1. The van der Waals surface area contributed by atoms with Gasteiger partial charge in [0.2, 0.25) is 5.91 Å². The Morgan fingerprint density at radius 3 is 1.37 bits per heavy atom. The van der Waals surface area contributed by atoms with Gasteiger partial charge in [0.15, 0.2) is 0 Å². The van der Waals surface area contributed by atoms with Crippen molar-refractivity contribution in [3.8, 4) is 0 Å². The first-order valence-electron chi connectivity index (χ1n) is 10.4. The second kappa shape index (κ2) is 16.8. The fraction of sp³-hybridized carbons (Fsp3) is 0.950. The number of amides is 1. The highest BCUT2D eigenvalue weighted by Crippen LogP contribution is 2.06. The Morgan fingerprint density at radius 1 is 0.733 bits per heavy atom. The van der Waals surface area contributed by atoms with Crippen LogP contribution in [0.3, 0.4) is 0 Å². The lowest BCUT2D eigenvalue weighted by Crippen LogP contribution is -2.45. The Balaban J connectivity index is 4.55. The van der Waals surface area contributed by atoms with Gasteiger partial charge in [-0.15, -0.1) is 0 Å². The maximum absolute atomic E-state index is 12.0. The first-order valence-corrected chi connectivity index (χ1v) is 10.4. The van der Waals surface area contributed by atoms with Gasteiger partial charge in [-0.2, -0.15) is 0 Å². The van der Waals surface area contributed by atoms with Crippen LogP contribution < -0.4 is 0 Å². The van der Waals surface area contributed by atoms with Gasteiger partial charge in [-0.1, -0.05) is 0 Å². The SMILES string of the molecule is CC(=O)N(CC(CO)OCC(C)OCC(C)O)CC(CO)OCC(C)OCC(C)O. The van der Waals surface area contributed by atoms with Gasteiger partial charge in [-0.05, 0) is 27.7 Å². The van der Waals surface area contributed by atoms with Gasteiger partial charge in [0, 0.05) is 20.0 Å². The highest BCUT2D eigenvalue weighted by Gasteiger charge is 2.22. The molecular formula is C20H41NO9. The third kappa shape index (κ3) is 15.0. The van der Waals surface area contributed by atoms with Crippen molar-refractivity contribution in [2.45, 2.75) is 71.2 Å². The Bertz CT molecular complexity index is 405. The summed E-state index contributed by atoms with van der Waals surface area (Å²) in [6, 6.07) is 0. The van der Waals surface area contributed by atoms with Crippen molar-refractivity contribution in [2.75, 3.05) is 52.7 Å². The van der Waals surface area contributed by atoms with Gasteiger partial charge < -0.3 is 44.3 Å². The molecule has 0 aliphatic rings. The van der Waals surface area contributed by atoms with Crippen LogP contribution in [0.15, 0.2) is 0 Å². The molecule has 0 rings (SSSR count). The second-order valence-corrected chi connectivity index (χ2v) is 7.69. The third-order valence-electron chi connectivity index (χ3n) is 4.08. The summed E-state index contributed by atoms with van der Waals surface area (Å²) in [5.74, 6) is -0.240. The highest BCUT2D eigenvalue weighted by molar-refractivity contribution is 5.73. The number of ether oxygens (including phenoxy) is 4. The molecule has 10 nitrogen and oxygen atoms in total. The molecule has 0 fully saturated rings. The normalized spacial score (nSPS) is 17.8. The zero-order valence-electron chi connectivity index (χ0n) is 18.9. The maximum atomic E-state index is 12.0. The summed E-state index contributed by atoms with van der Waals surface area (Å²) in [5.41, 5.74) is 0. The highest BCUT2D eigenvalue weighted by atomic mass is 16.6. The van der Waals surface area contributed by atoms with E-state index in [1.165, 1.54) is 11.8 Å². The van der Waals surface area contributed by atoms with E-state index in [1.54, 1.807) is 27.7 Å². The molecule has 0 heterocycles. The standard InChI is InChI=1S/C20H41NO9/c1-14(24)10-27-16(3)12-29-19(8-22)6-21(18(5)26)7-20(9-23)30-13-17(4)28-11-15(2)25/h14-17,19-20,22-25H,6-13H2,1-5H3. The summed E-state index contributed by atoms with van der Waals surface area (Å²) in [5, 5.41) is 37.7. The van der Waals surface area contributed by atoms with E-state index in [0.717, 1.165) is 0 Å². The van der Waals surface area contributed by atoms with Crippen molar-refractivity contribution in [3.63, 3.8) is 0 Å². The Labute approximate surface area is 179 Å². The topological polar surface area (TPSA) is 138 Å². The molecule has 10 heteroatoms. The molecule has 0 saturated heterocycles. The first kappa shape index (κ1) is 29.1. The molecule has 0 spiro atoms. The molecule has 180 valence electrons. The number of carbonyl (C=O) groups excluding carboxylic acids is 1. The summed E-state index contributed by atoms with van der Waals surface area (Å²) < 4.78 is 22.1. The molecule has 0 saturated carbocycles. The number of rotatable bonds is 18. The Morgan fingerprint density at radius 2 is 1.10 bits per heavy atom. The van der Waals surface area contributed by atoms with Crippen LogP contribution >= 0.6 is 0 Å². The molecule has 0 aliphatic carbocycles. The Kier molecular flexibility index (Phi) is 16.3. The molecule has 0 aromatic heterocycles. The maximum Gasteiger partial charge on any atom is 0.219 e. The molecule has 6 atom stereocenters. The lowest BCUT2D eigenvalue weighted by molar-refractivity contribution is -0.137. The van der Waals surface area contributed by atoms with Crippen molar-refractivity contribution >= 4 is 5.91 Å². The van der Waals surface area contributed by atoms with E-state index in [-0.39, 0.29) is 70.8 Å². The molecule has 0 radical (unpaired) electrons. The molecule has 0 bridgehead atoms. The molecule has 0 aromatic rings. The van der Waals surface area contributed by atoms with Crippen LogP contribution in [0.1, 0.15) is 34.6 Å². The van der Waals surface area contributed by atoms with E-state index >= 15 is 0 Å². The molecule has 30 heavy (non-hydrogen) atoms. The molecule has 4 N–H and O–H groups in total. The molecular weight excluding hydrogens is 398 g/mol. The third-order valence-corrected chi connectivity index (χ3v) is 4.08. The molecule has 6 unspecified atom stereocenters. The van der Waals surface area contributed by atoms with Crippen molar-refractivity contribution < 1.29 is 44.2 Å². The van der Waals surface area contributed by atoms with Gasteiger partial charge in [0.25, 0.3) is 0 Å². The quantitative estimate of drug-likeness (QED) is 0.215. The van der Waals surface area contributed by atoms with Gasteiger partial charge in [-0.25, -0.2) is 0 Å². The largest absolute Gasteiger partial charge is 0.394 e. The van der Waals surface area contributed by atoms with Crippen LogP contribution in [-0.2, 0) is 23.7 Å². The van der Waals surface area contributed by atoms with Crippen LogP contribution in [0.25, 0.3) is 0 Å². The van der Waals surface area contributed by atoms with Crippen molar-refractivity contribution in [2.24, 2.45) is 0 Å². The predicted octanol–water partition coefficient (Wildman–Crippen LogP) is -0.838. The smallest absolute Gasteiger partial charge is 0.219 e. The second-order valence-electron chi connectivity index (χ2n) is 7.69. The van der Waals surface area contributed by atoms with Gasteiger partial charge in [0.1, 0.15) is 0 Å². The number of hydrogen-bond donors (Lipinski definition) is 4. The van der Waals surface area contributed by atoms with Gasteiger partial charge >= 0.3 is 0 Å². The van der Waals surface area contributed by atoms with E-state index in [1.807, 2.05) is 0 Å². The summed E-state index contributed by atoms with van der Waals surface area (Å²) >= 11 is 0. The molecule has 0 aromatic carbocycles. The zero-order valence-corrected chi connectivity index (χ0v) is 18.9. The van der Waals surface area contributed by atoms with Crippen LogP contribution in [-0.4, -0.2) is 121 Å². The lowest BCUT2D eigenvalue weighted by Gasteiger charge is -2.30. The van der Waals surface area contributed by atoms with Crippen LogP contribution in [0.5, 0.6) is 0 Å². The van der Waals surface area contributed by atoms with Gasteiger partial charge in [0.05, 0.1) is 76.3 Å². The molecule has 0 aliphatic heterocycles.